The molecule has 0 unspecified atom stereocenters. The maximum Gasteiger partial charge on any atom is 0.254 e. The lowest BCUT2D eigenvalue weighted by molar-refractivity contribution is 0.0502. The molecule has 2 aromatic carbocycles. The largest absolute Gasteiger partial charge is 0.497 e. The molecule has 156 valence electrons. The van der Waals surface area contributed by atoms with Gasteiger partial charge in [-0.2, -0.15) is 0 Å². The number of hydrogen-bond donors (Lipinski definition) is 0. The summed E-state index contributed by atoms with van der Waals surface area (Å²) in [6.45, 7) is 1.56. The zero-order chi connectivity index (χ0) is 20.9. The molecule has 0 saturated carbocycles. The topological polar surface area (TPSA) is 64.8 Å². The van der Waals surface area contributed by atoms with Crippen LogP contribution in [0.1, 0.15) is 28.9 Å². The smallest absolute Gasteiger partial charge is 0.254 e. The molecule has 1 saturated heterocycles. The molecular weight excluding hydrogens is 404 g/mol. The van der Waals surface area contributed by atoms with Gasteiger partial charge < -0.3 is 18.9 Å². The summed E-state index contributed by atoms with van der Waals surface area (Å²) in [4.78, 5) is 14.9. The zero-order valence-electron chi connectivity index (χ0n) is 16.7. The molecule has 0 aliphatic carbocycles. The Morgan fingerprint density at radius 1 is 1.23 bits per heavy atom. The van der Waals surface area contributed by atoms with Gasteiger partial charge in [0.15, 0.2) is 5.76 Å². The summed E-state index contributed by atoms with van der Waals surface area (Å²) in [5.74, 6) is 1.27. The summed E-state index contributed by atoms with van der Waals surface area (Å²) in [5, 5.41) is 4.78. The van der Waals surface area contributed by atoms with Crippen LogP contribution in [0.3, 0.4) is 0 Å². The van der Waals surface area contributed by atoms with Crippen LogP contribution in [0.2, 0.25) is 5.02 Å². The number of rotatable bonds is 7. The molecular formula is C23H23ClN2O4. The predicted octanol–water partition coefficient (Wildman–Crippen LogP) is 4.83. The number of amides is 1. The number of carbonyl (C=O) groups excluding carboxylic acids is 1. The molecule has 1 fully saturated rings. The van der Waals surface area contributed by atoms with Gasteiger partial charge in [-0.25, -0.2) is 0 Å². The van der Waals surface area contributed by atoms with Gasteiger partial charge in [0.2, 0.25) is 0 Å². The molecule has 4 rings (SSSR count). The molecule has 2 heterocycles. The summed E-state index contributed by atoms with van der Waals surface area (Å²) in [6, 6.07) is 16.3. The van der Waals surface area contributed by atoms with E-state index in [0.29, 0.717) is 35.1 Å². The van der Waals surface area contributed by atoms with Crippen LogP contribution in [-0.4, -0.2) is 42.3 Å². The molecule has 0 N–H and O–H groups in total. The zero-order valence-corrected chi connectivity index (χ0v) is 17.5. The Morgan fingerprint density at radius 3 is 2.80 bits per heavy atom. The lowest BCUT2D eigenvalue weighted by Crippen LogP contribution is -2.37. The van der Waals surface area contributed by atoms with Crippen LogP contribution in [-0.2, 0) is 11.3 Å². The van der Waals surface area contributed by atoms with Crippen LogP contribution in [0, 0.1) is 0 Å². The van der Waals surface area contributed by atoms with Gasteiger partial charge in [0.05, 0.1) is 19.8 Å². The number of ether oxygens (including phenoxy) is 2. The van der Waals surface area contributed by atoms with Gasteiger partial charge in [-0.3, -0.25) is 4.79 Å². The summed E-state index contributed by atoms with van der Waals surface area (Å²) >= 11 is 5.97. The van der Waals surface area contributed by atoms with Crippen molar-refractivity contribution in [1.82, 2.24) is 10.1 Å². The van der Waals surface area contributed by atoms with Crippen molar-refractivity contribution < 1.29 is 18.8 Å². The van der Waals surface area contributed by atoms with E-state index in [1.54, 1.807) is 36.3 Å². The van der Waals surface area contributed by atoms with E-state index >= 15 is 0 Å². The Balaban J connectivity index is 1.54. The van der Waals surface area contributed by atoms with Crippen molar-refractivity contribution in [3.05, 3.63) is 70.9 Å². The average Bonchev–Trinajstić information content (AvgIpc) is 3.46. The van der Waals surface area contributed by atoms with Crippen molar-refractivity contribution in [2.75, 3.05) is 20.3 Å². The van der Waals surface area contributed by atoms with Gasteiger partial charge in [-0.05, 0) is 49.2 Å². The average molecular weight is 427 g/mol. The lowest BCUT2D eigenvalue weighted by atomic mass is 10.1. The third kappa shape index (κ3) is 4.83. The molecule has 0 bridgehead atoms. The van der Waals surface area contributed by atoms with Crippen LogP contribution >= 0.6 is 11.6 Å². The van der Waals surface area contributed by atoms with E-state index in [-0.39, 0.29) is 12.0 Å². The monoisotopic (exact) mass is 426 g/mol. The first-order valence-corrected chi connectivity index (χ1v) is 10.3. The molecule has 1 aliphatic rings. The number of methoxy groups -OCH3 is 1. The van der Waals surface area contributed by atoms with Gasteiger partial charge in [0, 0.05) is 35.4 Å². The van der Waals surface area contributed by atoms with Crippen molar-refractivity contribution in [3.63, 3.8) is 0 Å². The normalized spacial score (nSPS) is 15.9. The SMILES string of the molecule is COc1cccc(-c2cc(CN(C[C@H]3CCCO3)C(=O)c3ccc(Cl)cc3)no2)c1. The van der Waals surface area contributed by atoms with Crippen molar-refractivity contribution in [2.45, 2.75) is 25.5 Å². The third-order valence-corrected chi connectivity index (χ3v) is 5.34. The van der Waals surface area contributed by atoms with Gasteiger partial charge in [0.25, 0.3) is 5.91 Å². The summed E-state index contributed by atoms with van der Waals surface area (Å²) in [7, 11) is 1.62. The van der Waals surface area contributed by atoms with Crippen LogP contribution in [0.25, 0.3) is 11.3 Å². The number of benzene rings is 2. The van der Waals surface area contributed by atoms with E-state index in [9.17, 15) is 4.79 Å². The van der Waals surface area contributed by atoms with Crippen molar-refractivity contribution in [2.24, 2.45) is 0 Å². The van der Waals surface area contributed by atoms with E-state index in [4.69, 9.17) is 25.6 Å². The predicted molar refractivity (Wildman–Crippen MR) is 114 cm³/mol. The maximum atomic E-state index is 13.2. The Bertz CT molecular complexity index is 996. The highest BCUT2D eigenvalue weighted by molar-refractivity contribution is 6.30. The minimum atomic E-state index is -0.0897. The number of carbonyl (C=O) groups is 1. The molecule has 0 spiro atoms. The van der Waals surface area contributed by atoms with E-state index in [2.05, 4.69) is 5.16 Å². The van der Waals surface area contributed by atoms with Gasteiger partial charge in [-0.1, -0.05) is 28.9 Å². The second kappa shape index (κ2) is 9.32. The molecule has 1 aliphatic heterocycles. The molecule has 1 amide bonds. The van der Waals surface area contributed by atoms with E-state index in [1.807, 2.05) is 30.3 Å². The van der Waals surface area contributed by atoms with Crippen molar-refractivity contribution in [3.8, 4) is 17.1 Å². The summed E-state index contributed by atoms with van der Waals surface area (Å²) < 4.78 is 16.6. The molecule has 30 heavy (non-hydrogen) atoms. The highest BCUT2D eigenvalue weighted by Gasteiger charge is 2.25. The molecule has 1 atom stereocenters. The Hall–Kier alpha value is -2.83. The van der Waals surface area contributed by atoms with Crippen LogP contribution in [0.5, 0.6) is 5.75 Å². The van der Waals surface area contributed by atoms with Crippen molar-refractivity contribution >= 4 is 17.5 Å². The van der Waals surface area contributed by atoms with Gasteiger partial charge in [0.1, 0.15) is 11.4 Å². The summed E-state index contributed by atoms with van der Waals surface area (Å²) in [5.41, 5.74) is 2.12. The number of nitrogens with zero attached hydrogens (tertiary/aromatic N) is 2. The van der Waals surface area contributed by atoms with Crippen LogP contribution in [0.15, 0.2) is 59.1 Å². The minimum Gasteiger partial charge on any atom is -0.497 e. The standard InChI is InChI=1S/C23H23ClN2O4/c1-28-20-5-2-4-17(12-20)22-13-19(25-30-22)14-26(15-21-6-3-11-29-21)23(27)16-7-9-18(24)10-8-16/h2,4-5,7-10,12-13,21H,3,6,11,14-15H2,1H3/t21-/m1/s1. The molecule has 6 nitrogen and oxygen atoms in total. The molecule has 0 radical (unpaired) electrons. The van der Waals surface area contributed by atoms with Crippen LogP contribution < -0.4 is 4.74 Å². The molecule has 7 heteroatoms. The second-order valence-electron chi connectivity index (χ2n) is 7.24. The fraction of sp³-hybridized carbons (Fsp3) is 0.304. The minimum absolute atomic E-state index is 0.0333. The number of halogens is 1. The van der Waals surface area contributed by atoms with Crippen molar-refractivity contribution in [1.29, 1.82) is 0 Å². The quantitative estimate of drug-likeness (QED) is 0.541. The second-order valence-corrected chi connectivity index (χ2v) is 7.68. The van der Waals surface area contributed by atoms with Crippen LogP contribution in [0.4, 0.5) is 0 Å². The fourth-order valence-corrected chi connectivity index (χ4v) is 3.65. The summed E-state index contributed by atoms with van der Waals surface area (Å²) in [6.07, 6.45) is 1.99. The molecule has 1 aromatic heterocycles. The van der Waals surface area contributed by atoms with E-state index in [0.717, 1.165) is 30.8 Å². The maximum absolute atomic E-state index is 13.2. The lowest BCUT2D eigenvalue weighted by Gasteiger charge is -2.24. The highest BCUT2D eigenvalue weighted by atomic mass is 35.5. The Kier molecular flexibility index (Phi) is 6.35. The van der Waals surface area contributed by atoms with Gasteiger partial charge >= 0.3 is 0 Å². The first-order valence-electron chi connectivity index (χ1n) is 9.89. The number of aromatic nitrogens is 1. The van der Waals surface area contributed by atoms with E-state index < -0.39 is 0 Å². The Labute approximate surface area is 180 Å². The first kappa shape index (κ1) is 20.4. The number of hydrogen-bond acceptors (Lipinski definition) is 5. The third-order valence-electron chi connectivity index (χ3n) is 5.09. The fourth-order valence-electron chi connectivity index (χ4n) is 3.52. The van der Waals surface area contributed by atoms with Gasteiger partial charge in [-0.15, -0.1) is 0 Å². The highest BCUT2D eigenvalue weighted by Crippen LogP contribution is 2.25. The Morgan fingerprint density at radius 2 is 2.07 bits per heavy atom. The first-order chi connectivity index (χ1) is 14.6. The molecule has 3 aromatic rings. The van der Waals surface area contributed by atoms with E-state index in [1.165, 1.54) is 0 Å².